The van der Waals surface area contributed by atoms with Crippen LogP contribution < -0.4 is 14.8 Å². The van der Waals surface area contributed by atoms with Gasteiger partial charge in [0.15, 0.2) is 11.5 Å². The molecule has 0 unspecified atom stereocenters. The zero-order valence-electron chi connectivity index (χ0n) is 11.6. The molecule has 5 heteroatoms. The van der Waals surface area contributed by atoms with Crippen LogP contribution >= 0.6 is 0 Å². The van der Waals surface area contributed by atoms with Crippen LogP contribution in [0.15, 0.2) is 30.5 Å². The molecule has 0 saturated heterocycles. The average molecular weight is 273 g/mol. The Morgan fingerprint density at radius 1 is 1.15 bits per heavy atom. The van der Waals surface area contributed by atoms with Gasteiger partial charge < -0.3 is 14.8 Å². The molecule has 0 fully saturated rings. The Kier molecular flexibility index (Phi) is 3.87. The second kappa shape index (κ2) is 5.96. The summed E-state index contributed by atoms with van der Waals surface area (Å²) in [6, 6.07) is 8.13. The molecule has 5 nitrogen and oxygen atoms in total. The number of hydrogen-bond donors (Lipinski definition) is 1. The third-order valence-corrected chi connectivity index (χ3v) is 3.37. The summed E-state index contributed by atoms with van der Waals surface area (Å²) in [6.07, 6.45) is 2.74. The Bertz CT molecular complexity index is 580. The van der Waals surface area contributed by atoms with Crippen molar-refractivity contribution in [3.05, 3.63) is 41.7 Å². The molecule has 0 saturated carbocycles. The van der Waals surface area contributed by atoms with Crippen LogP contribution in [-0.4, -0.2) is 23.0 Å². The first-order valence-corrected chi connectivity index (χ1v) is 6.89. The maximum atomic E-state index is 5.69. The Labute approximate surface area is 118 Å². The number of hydrogen-bond acceptors (Lipinski definition) is 4. The van der Waals surface area contributed by atoms with E-state index in [4.69, 9.17) is 9.47 Å². The van der Waals surface area contributed by atoms with E-state index < -0.39 is 0 Å². The molecule has 0 amide bonds. The van der Waals surface area contributed by atoms with E-state index in [0.717, 1.165) is 44.2 Å². The van der Waals surface area contributed by atoms with Crippen molar-refractivity contribution in [3.63, 3.8) is 0 Å². The normalized spacial score (nSPS) is 14.1. The highest BCUT2D eigenvalue weighted by atomic mass is 16.5. The Balaban J connectivity index is 1.60. The molecule has 2 aromatic rings. The molecule has 1 aromatic heterocycles. The molecule has 3 rings (SSSR count). The van der Waals surface area contributed by atoms with Crippen LogP contribution in [0.5, 0.6) is 11.5 Å². The van der Waals surface area contributed by atoms with E-state index in [9.17, 15) is 0 Å². The van der Waals surface area contributed by atoms with E-state index in [-0.39, 0.29) is 0 Å². The van der Waals surface area contributed by atoms with Crippen molar-refractivity contribution in [2.45, 2.75) is 19.5 Å². The Morgan fingerprint density at radius 2 is 2.00 bits per heavy atom. The van der Waals surface area contributed by atoms with Gasteiger partial charge in [-0.3, -0.25) is 4.68 Å². The highest BCUT2D eigenvalue weighted by Gasteiger charge is 2.10. The average Bonchev–Trinajstić information content (AvgIpc) is 2.73. The highest BCUT2D eigenvalue weighted by molar-refractivity contribution is 5.43. The Hall–Kier alpha value is -2.01. The molecule has 0 spiro atoms. The summed E-state index contributed by atoms with van der Waals surface area (Å²) in [4.78, 5) is 0. The smallest absolute Gasteiger partial charge is 0.161 e. The van der Waals surface area contributed by atoms with Crippen molar-refractivity contribution in [1.82, 2.24) is 15.1 Å². The van der Waals surface area contributed by atoms with E-state index in [1.54, 1.807) is 0 Å². The summed E-state index contributed by atoms with van der Waals surface area (Å²) in [5.74, 6) is 1.69. The second-order valence-electron chi connectivity index (χ2n) is 4.88. The molecule has 1 aliphatic heterocycles. The lowest BCUT2D eigenvalue weighted by Crippen LogP contribution is -2.15. The molecule has 2 heterocycles. The molecule has 1 aliphatic rings. The number of benzene rings is 1. The number of rotatable bonds is 4. The number of nitrogens with zero attached hydrogens (tertiary/aromatic N) is 2. The van der Waals surface area contributed by atoms with Crippen molar-refractivity contribution in [2.24, 2.45) is 7.05 Å². The third-order valence-electron chi connectivity index (χ3n) is 3.37. The summed E-state index contributed by atoms with van der Waals surface area (Å²) in [5.41, 5.74) is 2.36. The lowest BCUT2D eigenvalue weighted by atomic mass is 10.2. The summed E-state index contributed by atoms with van der Waals surface area (Å²) in [5, 5.41) is 7.56. The van der Waals surface area contributed by atoms with Crippen LogP contribution in [0.2, 0.25) is 0 Å². The van der Waals surface area contributed by atoms with Gasteiger partial charge in [-0.15, -0.1) is 0 Å². The topological polar surface area (TPSA) is 48.3 Å². The second-order valence-corrected chi connectivity index (χ2v) is 4.88. The van der Waals surface area contributed by atoms with Gasteiger partial charge in [-0.25, -0.2) is 0 Å². The molecule has 0 radical (unpaired) electrons. The predicted octanol–water partition coefficient (Wildman–Crippen LogP) is 1.87. The predicted molar refractivity (Wildman–Crippen MR) is 75.8 cm³/mol. The van der Waals surface area contributed by atoms with E-state index in [2.05, 4.69) is 22.5 Å². The van der Waals surface area contributed by atoms with Gasteiger partial charge in [0.25, 0.3) is 0 Å². The van der Waals surface area contributed by atoms with Crippen molar-refractivity contribution in [1.29, 1.82) is 0 Å². The van der Waals surface area contributed by atoms with Crippen molar-refractivity contribution < 1.29 is 9.47 Å². The van der Waals surface area contributed by atoms with Crippen LogP contribution in [-0.2, 0) is 20.1 Å². The Morgan fingerprint density at radius 3 is 2.80 bits per heavy atom. The van der Waals surface area contributed by atoms with Gasteiger partial charge >= 0.3 is 0 Å². The van der Waals surface area contributed by atoms with Crippen LogP contribution in [0, 0.1) is 0 Å². The molecular formula is C15H19N3O2. The summed E-state index contributed by atoms with van der Waals surface area (Å²) in [6.45, 7) is 3.04. The molecule has 106 valence electrons. The van der Waals surface area contributed by atoms with E-state index in [1.165, 1.54) is 11.3 Å². The fraction of sp³-hybridized carbons (Fsp3) is 0.400. The standard InChI is InChI=1S/C15H19N3O2/c1-18-13(5-6-17-18)11-16-10-12-3-4-14-15(9-12)20-8-2-7-19-14/h3-6,9,16H,2,7-8,10-11H2,1H3. The number of ether oxygens (including phenoxy) is 2. The number of fused-ring (bicyclic) bond motifs is 1. The SMILES string of the molecule is Cn1nccc1CNCc1ccc2c(c1)OCCCO2. The highest BCUT2D eigenvalue weighted by Crippen LogP contribution is 2.30. The first-order valence-electron chi connectivity index (χ1n) is 6.89. The van der Waals surface area contributed by atoms with E-state index >= 15 is 0 Å². The van der Waals surface area contributed by atoms with E-state index in [0.29, 0.717) is 0 Å². The largest absolute Gasteiger partial charge is 0.490 e. The molecule has 1 N–H and O–H groups in total. The fourth-order valence-corrected chi connectivity index (χ4v) is 2.23. The maximum absolute atomic E-state index is 5.69. The van der Waals surface area contributed by atoms with Crippen molar-refractivity contribution in [3.8, 4) is 11.5 Å². The van der Waals surface area contributed by atoms with Gasteiger partial charge in [-0.05, 0) is 23.8 Å². The quantitative estimate of drug-likeness (QED) is 0.924. The zero-order chi connectivity index (χ0) is 13.8. The van der Waals surface area contributed by atoms with Crippen LogP contribution in [0.1, 0.15) is 17.7 Å². The summed E-state index contributed by atoms with van der Waals surface area (Å²) < 4.78 is 13.2. The van der Waals surface area contributed by atoms with Gasteiger partial charge in [0, 0.05) is 32.8 Å². The van der Waals surface area contributed by atoms with Crippen molar-refractivity contribution in [2.75, 3.05) is 13.2 Å². The maximum Gasteiger partial charge on any atom is 0.161 e. The molecule has 0 bridgehead atoms. The van der Waals surface area contributed by atoms with Gasteiger partial charge in [0.2, 0.25) is 0 Å². The number of aryl methyl sites for hydroxylation is 1. The lowest BCUT2D eigenvalue weighted by molar-refractivity contribution is 0.297. The number of aromatic nitrogens is 2. The zero-order valence-corrected chi connectivity index (χ0v) is 11.6. The molecule has 0 atom stereocenters. The third kappa shape index (κ3) is 2.93. The van der Waals surface area contributed by atoms with Gasteiger partial charge in [0.05, 0.1) is 18.9 Å². The van der Waals surface area contributed by atoms with Crippen LogP contribution in [0.25, 0.3) is 0 Å². The minimum Gasteiger partial charge on any atom is -0.490 e. The molecule has 1 aromatic carbocycles. The van der Waals surface area contributed by atoms with Gasteiger partial charge in [-0.1, -0.05) is 6.07 Å². The molecule has 0 aliphatic carbocycles. The fourth-order valence-electron chi connectivity index (χ4n) is 2.23. The van der Waals surface area contributed by atoms with Gasteiger partial charge in [0.1, 0.15) is 0 Å². The minimum atomic E-state index is 0.721. The van der Waals surface area contributed by atoms with E-state index in [1.807, 2.05) is 30.1 Å². The van der Waals surface area contributed by atoms with Crippen LogP contribution in [0.3, 0.4) is 0 Å². The molecule has 20 heavy (non-hydrogen) atoms. The molecular weight excluding hydrogens is 254 g/mol. The first-order chi connectivity index (χ1) is 9.83. The summed E-state index contributed by atoms with van der Waals surface area (Å²) in [7, 11) is 1.95. The first kappa shape index (κ1) is 13.0. The lowest BCUT2D eigenvalue weighted by Gasteiger charge is -2.10. The minimum absolute atomic E-state index is 0.721. The van der Waals surface area contributed by atoms with Gasteiger partial charge in [-0.2, -0.15) is 5.10 Å². The summed E-state index contributed by atoms with van der Waals surface area (Å²) >= 11 is 0. The number of nitrogens with one attached hydrogen (secondary N) is 1. The monoisotopic (exact) mass is 273 g/mol. The van der Waals surface area contributed by atoms with Crippen LogP contribution in [0.4, 0.5) is 0 Å². The van der Waals surface area contributed by atoms with Crippen molar-refractivity contribution >= 4 is 0 Å².